The van der Waals surface area contributed by atoms with Crippen molar-refractivity contribution < 1.29 is 9.60 Å². The summed E-state index contributed by atoms with van der Waals surface area (Å²) in [6, 6.07) is 8.08. The van der Waals surface area contributed by atoms with E-state index in [-0.39, 0.29) is 5.84 Å². The number of oxime groups is 1. The summed E-state index contributed by atoms with van der Waals surface area (Å²) in [7, 11) is 0. The highest BCUT2D eigenvalue weighted by Crippen LogP contribution is 2.23. The third kappa shape index (κ3) is 3.47. The van der Waals surface area contributed by atoms with Crippen LogP contribution in [0.2, 0.25) is 0 Å². The second kappa shape index (κ2) is 6.69. The molecular formula is C15H17FN4O. The Hall–Kier alpha value is -2.63. The summed E-state index contributed by atoms with van der Waals surface area (Å²) < 4.78 is 13.4. The van der Waals surface area contributed by atoms with Crippen molar-refractivity contribution in [2.45, 2.75) is 13.5 Å². The number of aromatic nitrogens is 1. The van der Waals surface area contributed by atoms with Crippen LogP contribution < -0.4 is 10.6 Å². The highest BCUT2D eigenvalue weighted by Gasteiger charge is 2.14. The molecule has 1 heterocycles. The molecule has 0 fully saturated rings. The fourth-order valence-electron chi connectivity index (χ4n) is 2.12. The Morgan fingerprint density at radius 1 is 1.33 bits per heavy atom. The molecule has 0 saturated heterocycles. The molecule has 2 rings (SSSR count). The lowest BCUT2D eigenvalue weighted by molar-refractivity contribution is 0.318. The van der Waals surface area contributed by atoms with Gasteiger partial charge in [0.2, 0.25) is 0 Å². The van der Waals surface area contributed by atoms with Gasteiger partial charge < -0.3 is 15.8 Å². The Labute approximate surface area is 122 Å². The minimum Gasteiger partial charge on any atom is -0.409 e. The highest BCUT2D eigenvalue weighted by atomic mass is 19.1. The van der Waals surface area contributed by atoms with Crippen LogP contribution >= 0.6 is 0 Å². The summed E-state index contributed by atoms with van der Waals surface area (Å²) in [5.74, 6) is -0.544. The third-order valence-electron chi connectivity index (χ3n) is 3.19. The number of rotatable bonds is 5. The van der Waals surface area contributed by atoms with Crippen molar-refractivity contribution >= 4 is 11.5 Å². The van der Waals surface area contributed by atoms with Gasteiger partial charge in [0, 0.05) is 36.7 Å². The summed E-state index contributed by atoms with van der Waals surface area (Å²) in [5.41, 5.74) is 7.80. The van der Waals surface area contributed by atoms with Crippen molar-refractivity contribution in [3.63, 3.8) is 0 Å². The summed E-state index contributed by atoms with van der Waals surface area (Å²) >= 11 is 0. The molecule has 6 heteroatoms. The van der Waals surface area contributed by atoms with E-state index in [0.717, 1.165) is 5.56 Å². The molecule has 0 saturated carbocycles. The fraction of sp³-hybridized carbons (Fsp3) is 0.200. The number of nitrogens with zero attached hydrogens (tertiary/aromatic N) is 3. The van der Waals surface area contributed by atoms with E-state index in [4.69, 9.17) is 10.9 Å². The smallest absolute Gasteiger partial charge is 0.172 e. The topological polar surface area (TPSA) is 74.7 Å². The Morgan fingerprint density at radius 3 is 2.67 bits per heavy atom. The van der Waals surface area contributed by atoms with Crippen molar-refractivity contribution in [2.75, 3.05) is 11.4 Å². The maximum absolute atomic E-state index is 13.4. The number of anilines is 1. The van der Waals surface area contributed by atoms with E-state index in [2.05, 4.69) is 10.1 Å². The van der Waals surface area contributed by atoms with Gasteiger partial charge in [-0.2, -0.15) is 0 Å². The van der Waals surface area contributed by atoms with Gasteiger partial charge in [0.25, 0.3) is 0 Å². The molecule has 0 aliphatic carbocycles. The number of amidine groups is 1. The standard InChI is InChI=1S/C15H17FN4O/c1-2-20(10-11-5-7-18-8-6-11)14-4-3-12(16)9-13(14)15(17)19-21/h3-9,21H,2,10H2,1H3,(H2,17,19). The van der Waals surface area contributed by atoms with E-state index in [1.54, 1.807) is 18.5 Å². The second-order valence-corrected chi connectivity index (χ2v) is 4.52. The Balaban J connectivity index is 2.38. The van der Waals surface area contributed by atoms with Gasteiger partial charge in [-0.25, -0.2) is 4.39 Å². The highest BCUT2D eigenvalue weighted by molar-refractivity contribution is 6.02. The van der Waals surface area contributed by atoms with Crippen LogP contribution in [0, 0.1) is 5.82 Å². The van der Waals surface area contributed by atoms with Gasteiger partial charge in [-0.15, -0.1) is 0 Å². The van der Waals surface area contributed by atoms with Crippen LogP contribution in [-0.2, 0) is 6.54 Å². The van der Waals surface area contributed by atoms with Gasteiger partial charge in [-0.1, -0.05) is 5.16 Å². The number of pyridine rings is 1. The average molecular weight is 288 g/mol. The monoisotopic (exact) mass is 288 g/mol. The van der Waals surface area contributed by atoms with Crippen molar-refractivity contribution in [1.29, 1.82) is 0 Å². The first-order valence-corrected chi connectivity index (χ1v) is 6.57. The predicted octanol–water partition coefficient (Wildman–Crippen LogP) is 2.34. The van der Waals surface area contributed by atoms with Gasteiger partial charge in [0.05, 0.1) is 0 Å². The third-order valence-corrected chi connectivity index (χ3v) is 3.19. The molecule has 5 nitrogen and oxygen atoms in total. The molecule has 0 unspecified atom stereocenters. The average Bonchev–Trinajstić information content (AvgIpc) is 2.53. The molecule has 0 atom stereocenters. The number of benzene rings is 1. The van der Waals surface area contributed by atoms with Crippen LogP contribution in [0.4, 0.5) is 10.1 Å². The van der Waals surface area contributed by atoms with Crippen LogP contribution in [0.1, 0.15) is 18.1 Å². The molecule has 21 heavy (non-hydrogen) atoms. The Morgan fingerprint density at radius 2 is 2.05 bits per heavy atom. The lowest BCUT2D eigenvalue weighted by Crippen LogP contribution is -2.26. The van der Waals surface area contributed by atoms with E-state index in [0.29, 0.717) is 24.3 Å². The van der Waals surface area contributed by atoms with Crippen LogP contribution in [0.15, 0.2) is 47.9 Å². The molecule has 2 aromatic rings. The molecule has 110 valence electrons. The predicted molar refractivity (Wildman–Crippen MR) is 79.9 cm³/mol. The fourth-order valence-corrected chi connectivity index (χ4v) is 2.12. The largest absolute Gasteiger partial charge is 0.409 e. The zero-order valence-corrected chi connectivity index (χ0v) is 11.7. The molecule has 0 bridgehead atoms. The molecule has 0 aliphatic rings. The van der Waals surface area contributed by atoms with Crippen molar-refractivity contribution in [1.82, 2.24) is 4.98 Å². The number of hydrogen-bond acceptors (Lipinski definition) is 4. The zero-order valence-electron chi connectivity index (χ0n) is 11.7. The van der Waals surface area contributed by atoms with E-state index >= 15 is 0 Å². The van der Waals surface area contributed by atoms with Gasteiger partial charge in [0.15, 0.2) is 5.84 Å². The van der Waals surface area contributed by atoms with E-state index in [9.17, 15) is 4.39 Å². The summed E-state index contributed by atoms with van der Waals surface area (Å²) in [6.07, 6.45) is 3.44. The maximum atomic E-state index is 13.4. The van der Waals surface area contributed by atoms with Crippen LogP contribution in [0.3, 0.4) is 0 Å². The van der Waals surface area contributed by atoms with Crippen LogP contribution in [0.5, 0.6) is 0 Å². The van der Waals surface area contributed by atoms with Gasteiger partial charge in [-0.05, 0) is 42.8 Å². The quantitative estimate of drug-likeness (QED) is 0.383. The van der Waals surface area contributed by atoms with Gasteiger partial charge >= 0.3 is 0 Å². The molecule has 0 spiro atoms. The second-order valence-electron chi connectivity index (χ2n) is 4.52. The normalized spacial score (nSPS) is 11.4. The van der Waals surface area contributed by atoms with Crippen molar-refractivity contribution in [3.05, 3.63) is 59.7 Å². The van der Waals surface area contributed by atoms with E-state index in [1.165, 1.54) is 12.1 Å². The lowest BCUT2D eigenvalue weighted by Gasteiger charge is -2.25. The summed E-state index contributed by atoms with van der Waals surface area (Å²) in [4.78, 5) is 6.00. The first-order valence-electron chi connectivity index (χ1n) is 6.57. The summed E-state index contributed by atoms with van der Waals surface area (Å²) in [6.45, 7) is 3.30. The molecule has 1 aromatic heterocycles. The van der Waals surface area contributed by atoms with Crippen LogP contribution in [-0.4, -0.2) is 22.6 Å². The van der Waals surface area contributed by atoms with Gasteiger partial charge in [-0.3, -0.25) is 4.98 Å². The Bertz CT molecular complexity index is 631. The molecule has 0 amide bonds. The Kier molecular flexibility index (Phi) is 4.71. The van der Waals surface area contributed by atoms with Crippen molar-refractivity contribution in [2.24, 2.45) is 10.9 Å². The SMILES string of the molecule is CCN(Cc1ccncc1)c1ccc(F)cc1C(N)=NO. The van der Waals surface area contributed by atoms with E-state index in [1.807, 2.05) is 24.0 Å². The minimum absolute atomic E-state index is 0.113. The first kappa shape index (κ1) is 14.8. The minimum atomic E-state index is -0.430. The molecular weight excluding hydrogens is 271 g/mol. The number of halogens is 1. The molecule has 0 aliphatic heterocycles. The van der Waals surface area contributed by atoms with Crippen LogP contribution in [0.25, 0.3) is 0 Å². The first-order chi connectivity index (χ1) is 10.2. The molecule has 3 N–H and O–H groups in total. The number of hydrogen-bond donors (Lipinski definition) is 2. The molecule has 0 radical (unpaired) electrons. The zero-order chi connectivity index (χ0) is 15.2. The summed E-state index contributed by atoms with van der Waals surface area (Å²) in [5, 5.41) is 11.8. The van der Waals surface area contributed by atoms with Gasteiger partial charge in [0.1, 0.15) is 5.82 Å². The maximum Gasteiger partial charge on any atom is 0.172 e. The lowest BCUT2D eigenvalue weighted by atomic mass is 10.1. The number of nitrogens with two attached hydrogens (primary N) is 1. The molecule has 1 aromatic carbocycles. The van der Waals surface area contributed by atoms with Crippen molar-refractivity contribution in [3.8, 4) is 0 Å². The van der Waals surface area contributed by atoms with E-state index < -0.39 is 5.82 Å².